The molecule has 33 heavy (non-hydrogen) atoms. The zero-order chi connectivity index (χ0) is 23.8. The van der Waals surface area contributed by atoms with Crippen LogP contribution in [0.15, 0.2) is 35.9 Å². The van der Waals surface area contributed by atoms with E-state index in [1.807, 2.05) is 50.2 Å². The van der Waals surface area contributed by atoms with Gasteiger partial charge in [-0.25, -0.2) is 4.79 Å². The minimum absolute atomic E-state index is 0.0286. The van der Waals surface area contributed by atoms with Crippen molar-refractivity contribution in [2.24, 2.45) is 0 Å². The molecule has 4 rings (SSSR count). The molecule has 0 bridgehead atoms. The molecule has 0 saturated carbocycles. The molecule has 170 valence electrons. The Morgan fingerprint density at radius 1 is 1.18 bits per heavy atom. The number of nitriles is 1. The van der Waals surface area contributed by atoms with Crippen molar-refractivity contribution in [2.45, 2.75) is 32.2 Å². The largest absolute Gasteiger partial charge is 0.497 e. The number of piperidine rings is 1. The van der Waals surface area contributed by atoms with Crippen molar-refractivity contribution in [3.05, 3.63) is 52.9 Å². The molecule has 9 nitrogen and oxygen atoms in total. The summed E-state index contributed by atoms with van der Waals surface area (Å²) in [6.45, 7) is 4.45. The van der Waals surface area contributed by atoms with E-state index in [1.165, 1.54) is 0 Å². The molecule has 2 N–H and O–H groups in total. The second kappa shape index (κ2) is 8.47. The van der Waals surface area contributed by atoms with Gasteiger partial charge in [-0.05, 0) is 68.7 Å². The second-order valence-electron chi connectivity index (χ2n) is 8.31. The monoisotopic (exact) mass is 447 g/mol. The molecule has 1 aromatic carbocycles. The number of nitrogens with zero attached hydrogens (tertiary/aromatic N) is 3. The highest BCUT2D eigenvalue weighted by Gasteiger charge is 2.48. The first kappa shape index (κ1) is 22.1. The molecule has 0 atom stereocenters. The summed E-state index contributed by atoms with van der Waals surface area (Å²) in [4.78, 5) is 38.2. The average Bonchev–Trinajstić information content (AvgIpc) is 3.25. The van der Waals surface area contributed by atoms with Gasteiger partial charge in [-0.3, -0.25) is 14.9 Å². The van der Waals surface area contributed by atoms with E-state index in [0.29, 0.717) is 12.8 Å². The number of rotatable bonds is 4. The van der Waals surface area contributed by atoms with Crippen LogP contribution in [-0.2, 0) is 9.59 Å². The third-order valence-corrected chi connectivity index (χ3v) is 6.37. The molecular weight excluding hydrogens is 422 g/mol. The first-order valence-corrected chi connectivity index (χ1v) is 10.7. The van der Waals surface area contributed by atoms with Gasteiger partial charge in [0.05, 0.1) is 7.11 Å². The predicted octanol–water partition coefficient (Wildman–Crippen LogP) is 2.21. The van der Waals surface area contributed by atoms with Crippen LogP contribution in [-0.4, -0.2) is 53.1 Å². The number of urea groups is 1. The van der Waals surface area contributed by atoms with Crippen LogP contribution in [0.2, 0.25) is 0 Å². The number of ether oxygens (including phenoxy) is 1. The molecule has 2 aliphatic heterocycles. The Balaban J connectivity index is 1.54. The van der Waals surface area contributed by atoms with Gasteiger partial charge in [0.15, 0.2) is 0 Å². The van der Waals surface area contributed by atoms with Crippen LogP contribution in [0.25, 0.3) is 11.8 Å². The van der Waals surface area contributed by atoms with Crippen molar-refractivity contribution < 1.29 is 19.1 Å². The molecule has 2 aromatic rings. The van der Waals surface area contributed by atoms with Crippen molar-refractivity contribution in [3.63, 3.8) is 0 Å². The summed E-state index contributed by atoms with van der Waals surface area (Å²) >= 11 is 0. The maximum atomic E-state index is 13.1. The van der Waals surface area contributed by atoms with Crippen LogP contribution in [0, 0.1) is 25.2 Å². The zero-order valence-corrected chi connectivity index (χ0v) is 18.8. The van der Waals surface area contributed by atoms with E-state index >= 15 is 0 Å². The molecule has 3 heterocycles. The zero-order valence-electron chi connectivity index (χ0n) is 18.8. The fourth-order valence-corrected chi connectivity index (χ4v) is 4.50. The smallest absolute Gasteiger partial charge is 0.322 e. The molecule has 9 heteroatoms. The van der Waals surface area contributed by atoms with Crippen LogP contribution in [0.4, 0.5) is 4.79 Å². The van der Waals surface area contributed by atoms with Gasteiger partial charge in [0.1, 0.15) is 22.9 Å². The molecular formula is C24H25N5O4. The topological polar surface area (TPSA) is 116 Å². The molecule has 2 fully saturated rings. The second-order valence-corrected chi connectivity index (χ2v) is 8.31. The number of aryl methyl sites for hydroxylation is 1. The summed E-state index contributed by atoms with van der Waals surface area (Å²) in [6, 6.07) is 11.1. The van der Waals surface area contributed by atoms with Crippen LogP contribution in [0.3, 0.4) is 0 Å². The predicted molar refractivity (Wildman–Crippen MR) is 121 cm³/mol. The molecule has 0 aliphatic carbocycles. The van der Waals surface area contributed by atoms with E-state index in [4.69, 9.17) is 4.74 Å². The summed E-state index contributed by atoms with van der Waals surface area (Å²) in [7, 11) is 1.62. The summed E-state index contributed by atoms with van der Waals surface area (Å²) in [5.74, 6) is 0.0182. The lowest BCUT2D eigenvalue weighted by atomic mass is 9.87. The van der Waals surface area contributed by atoms with Crippen molar-refractivity contribution in [1.82, 2.24) is 20.1 Å². The summed E-state index contributed by atoms with van der Waals surface area (Å²) in [6.07, 6.45) is 2.22. The van der Waals surface area contributed by atoms with Gasteiger partial charge in [0.2, 0.25) is 0 Å². The number of amides is 4. The molecule has 1 spiro atoms. The van der Waals surface area contributed by atoms with Crippen LogP contribution < -0.4 is 15.4 Å². The summed E-state index contributed by atoms with van der Waals surface area (Å²) < 4.78 is 7.28. The summed E-state index contributed by atoms with van der Waals surface area (Å²) in [5, 5.41) is 14.6. The minimum Gasteiger partial charge on any atom is -0.497 e. The van der Waals surface area contributed by atoms with Gasteiger partial charge in [-0.1, -0.05) is 0 Å². The maximum absolute atomic E-state index is 13.1. The molecule has 1 aromatic heterocycles. The van der Waals surface area contributed by atoms with Gasteiger partial charge in [0, 0.05) is 30.2 Å². The average molecular weight is 447 g/mol. The third kappa shape index (κ3) is 3.96. The normalized spacial score (nSPS) is 17.5. The molecule has 0 unspecified atom stereocenters. The number of benzene rings is 1. The lowest BCUT2D eigenvalue weighted by molar-refractivity contribution is -0.132. The Hall–Kier alpha value is -4.06. The number of carbonyl (C=O) groups excluding carboxylic acids is 3. The van der Waals surface area contributed by atoms with E-state index in [-0.39, 0.29) is 30.5 Å². The van der Waals surface area contributed by atoms with Crippen molar-refractivity contribution in [3.8, 4) is 17.5 Å². The molecule has 4 amide bonds. The molecule has 2 saturated heterocycles. The number of imide groups is 1. The van der Waals surface area contributed by atoms with E-state index in [0.717, 1.165) is 28.4 Å². The summed E-state index contributed by atoms with van der Waals surface area (Å²) in [5.41, 5.74) is 2.67. The first-order valence-electron chi connectivity index (χ1n) is 10.7. The molecule has 0 radical (unpaired) electrons. The highest BCUT2D eigenvalue weighted by atomic mass is 16.5. The fraction of sp³-hybridized carbons (Fsp3) is 0.333. The van der Waals surface area contributed by atoms with Crippen LogP contribution in [0.1, 0.15) is 29.8 Å². The lowest BCUT2D eigenvalue weighted by Crippen LogP contribution is -2.55. The van der Waals surface area contributed by atoms with E-state index < -0.39 is 11.6 Å². The quantitative estimate of drug-likeness (QED) is 0.423. The Bertz CT molecular complexity index is 1190. The van der Waals surface area contributed by atoms with Gasteiger partial charge in [0.25, 0.3) is 11.8 Å². The van der Waals surface area contributed by atoms with Gasteiger partial charge >= 0.3 is 6.03 Å². The number of aromatic nitrogens is 1. The standard InChI is InChI=1S/C24H25N5O4/c1-15-12-17(16(2)29(15)19-4-6-20(33-3)7-5-19)13-18(14-25)21(30)28-10-8-24(9-11-28)22(31)26-23(32)27-24/h4-7,12-13H,8-11H2,1-3H3,(H2,26,27,31,32)/b18-13-. The van der Waals surface area contributed by atoms with Gasteiger partial charge in [-0.2, -0.15) is 5.26 Å². The number of hydrogen-bond donors (Lipinski definition) is 2. The number of methoxy groups -OCH3 is 1. The Labute approximate surface area is 191 Å². The number of carbonyl (C=O) groups is 3. The number of likely N-dealkylation sites (tertiary alicyclic amines) is 1. The fourth-order valence-electron chi connectivity index (χ4n) is 4.50. The number of hydrogen-bond acceptors (Lipinski definition) is 5. The highest BCUT2D eigenvalue weighted by Crippen LogP contribution is 2.28. The Morgan fingerprint density at radius 3 is 2.39 bits per heavy atom. The highest BCUT2D eigenvalue weighted by molar-refractivity contribution is 6.07. The third-order valence-electron chi connectivity index (χ3n) is 6.37. The van der Waals surface area contributed by atoms with Gasteiger partial charge < -0.3 is 19.5 Å². The Kier molecular flexibility index (Phi) is 5.68. The Morgan fingerprint density at radius 2 is 1.85 bits per heavy atom. The van der Waals surface area contributed by atoms with Crippen molar-refractivity contribution >= 4 is 23.9 Å². The van der Waals surface area contributed by atoms with E-state index in [2.05, 4.69) is 15.2 Å². The minimum atomic E-state index is -0.965. The first-order chi connectivity index (χ1) is 15.8. The lowest BCUT2D eigenvalue weighted by Gasteiger charge is -2.36. The van der Waals surface area contributed by atoms with E-state index in [1.54, 1.807) is 18.1 Å². The van der Waals surface area contributed by atoms with Crippen molar-refractivity contribution in [1.29, 1.82) is 5.26 Å². The van der Waals surface area contributed by atoms with E-state index in [9.17, 15) is 19.6 Å². The molecule has 2 aliphatic rings. The van der Waals surface area contributed by atoms with Crippen molar-refractivity contribution in [2.75, 3.05) is 20.2 Å². The van der Waals surface area contributed by atoms with Crippen LogP contribution >= 0.6 is 0 Å². The SMILES string of the molecule is COc1ccc(-n2c(C)cc(/C=C(/C#N)C(=O)N3CCC4(CC3)NC(=O)NC4=O)c2C)cc1. The number of nitrogens with one attached hydrogen (secondary N) is 2. The maximum Gasteiger partial charge on any atom is 0.322 e. The van der Waals surface area contributed by atoms with Crippen LogP contribution in [0.5, 0.6) is 5.75 Å². The van der Waals surface area contributed by atoms with Gasteiger partial charge in [-0.15, -0.1) is 0 Å².